The number of hydrogen-bond acceptors (Lipinski definition) is 7. The van der Waals surface area contributed by atoms with Crippen LogP contribution in [0.1, 0.15) is 30.4 Å². The largest absolute Gasteiger partial charge is 0.433 e. The van der Waals surface area contributed by atoms with E-state index in [1.165, 1.54) is 6.07 Å². The number of nitrogens with zero attached hydrogens (tertiary/aromatic N) is 4. The number of amides is 1. The lowest BCUT2D eigenvalue weighted by Crippen LogP contribution is -2.36. The number of carbonyl (C=O) groups excluding carboxylic acids is 1. The summed E-state index contributed by atoms with van der Waals surface area (Å²) >= 11 is 0. The van der Waals surface area contributed by atoms with Crippen LogP contribution in [0.15, 0.2) is 35.0 Å². The molecular formula is C19H21N5O5. The molecule has 1 saturated heterocycles. The molecule has 0 unspecified atom stereocenters. The Morgan fingerprint density at radius 3 is 2.69 bits per heavy atom. The highest BCUT2D eigenvalue weighted by molar-refractivity contribution is 6.06. The Balaban J connectivity index is 1.72. The van der Waals surface area contributed by atoms with Crippen molar-refractivity contribution in [1.29, 1.82) is 0 Å². The van der Waals surface area contributed by atoms with Gasteiger partial charge >= 0.3 is 5.88 Å². The van der Waals surface area contributed by atoms with E-state index in [9.17, 15) is 14.9 Å². The predicted molar refractivity (Wildman–Crippen MR) is 106 cm³/mol. The van der Waals surface area contributed by atoms with Crippen molar-refractivity contribution in [3.8, 4) is 0 Å². The summed E-state index contributed by atoms with van der Waals surface area (Å²) in [5, 5.41) is 13.6. The van der Waals surface area contributed by atoms with Gasteiger partial charge in [0.15, 0.2) is 5.76 Å². The molecule has 1 aliphatic rings. The van der Waals surface area contributed by atoms with Crippen molar-refractivity contribution < 1.29 is 18.9 Å². The number of furan rings is 1. The van der Waals surface area contributed by atoms with Gasteiger partial charge in [-0.25, -0.2) is 4.98 Å². The van der Waals surface area contributed by atoms with Crippen LogP contribution in [0, 0.1) is 10.1 Å². The summed E-state index contributed by atoms with van der Waals surface area (Å²) in [6.07, 6.45) is 1.78. The summed E-state index contributed by atoms with van der Waals surface area (Å²) in [6, 6.07) is 6.50. The van der Waals surface area contributed by atoms with Gasteiger partial charge in [-0.1, -0.05) is 0 Å². The van der Waals surface area contributed by atoms with Crippen molar-refractivity contribution in [1.82, 2.24) is 9.55 Å². The van der Waals surface area contributed by atoms with Crippen LogP contribution >= 0.6 is 0 Å². The number of nitro groups is 1. The number of carbonyl (C=O) groups is 1. The highest BCUT2D eigenvalue weighted by atomic mass is 16.6. The topological polar surface area (TPSA) is 116 Å². The molecule has 3 aromatic rings. The van der Waals surface area contributed by atoms with Crippen LogP contribution in [0.5, 0.6) is 0 Å². The Morgan fingerprint density at radius 1 is 1.28 bits per heavy atom. The molecule has 29 heavy (non-hydrogen) atoms. The van der Waals surface area contributed by atoms with Crippen molar-refractivity contribution in [2.24, 2.45) is 0 Å². The molecule has 10 nitrogen and oxygen atoms in total. The van der Waals surface area contributed by atoms with Gasteiger partial charge in [0.1, 0.15) is 4.92 Å². The van der Waals surface area contributed by atoms with Crippen LogP contribution in [0.25, 0.3) is 11.0 Å². The van der Waals surface area contributed by atoms with E-state index in [-0.39, 0.29) is 11.8 Å². The second kappa shape index (κ2) is 7.55. The zero-order valence-electron chi connectivity index (χ0n) is 16.1. The molecule has 0 radical (unpaired) electrons. The molecule has 3 heterocycles. The van der Waals surface area contributed by atoms with Crippen LogP contribution < -0.4 is 10.2 Å². The van der Waals surface area contributed by atoms with Gasteiger partial charge in [0.25, 0.3) is 5.91 Å². The average Bonchev–Trinajstić information content (AvgIpc) is 3.35. The molecule has 10 heteroatoms. The van der Waals surface area contributed by atoms with Crippen molar-refractivity contribution in [2.75, 3.05) is 36.5 Å². The van der Waals surface area contributed by atoms with Crippen LogP contribution in [0.4, 0.5) is 17.3 Å². The molecule has 152 valence electrons. The summed E-state index contributed by atoms with van der Waals surface area (Å²) in [5.41, 5.74) is 3.12. The molecule has 1 aliphatic heterocycles. The fourth-order valence-corrected chi connectivity index (χ4v) is 3.37. The quantitative estimate of drug-likeness (QED) is 0.517. The second-order valence-electron chi connectivity index (χ2n) is 7.05. The number of ether oxygens (including phenoxy) is 1. The Bertz CT molecular complexity index is 1060. The Kier molecular flexibility index (Phi) is 4.93. The first-order valence-electron chi connectivity index (χ1n) is 9.33. The van der Waals surface area contributed by atoms with E-state index >= 15 is 0 Å². The van der Waals surface area contributed by atoms with Gasteiger partial charge in [-0.3, -0.25) is 14.9 Å². The first kappa shape index (κ1) is 18.9. The zero-order chi connectivity index (χ0) is 20.5. The maximum atomic E-state index is 12.6. The van der Waals surface area contributed by atoms with E-state index in [0.717, 1.165) is 22.8 Å². The lowest BCUT2D eigenvalue weighted by atomic mass is 10.2. The summed E-state index contributed by atoms with van der Waals surface area (Å²) in [6.45, 7) is 6.73. The number of rotatable bonds is 5. The number of anilines is 2. The third-order valence-corrected chi connectivity index (χ3v) is 4.84. The number of imidazole rings is 1. The molecule has 1 aromatic carbocycles. The number of fused-ring (bicyclic) bond motifs is 1. The summed E-state index contributed by atoms with van der Waals surface area (Å²) in [4.78, 5) is 29.4. The van der Waals surface area contributed by atoms with Gasteiger partial charge in [-0.2, -0.15) is 0 Å². The van der Waals surface area contributed by atoms with E-state index < -0.39 is 16.7 Å². The average molecular weight is 399 g/mol. The standard InChI is InChI=1S/C19H21N5O5/c1-12(2)23-11-20-13-9-14(15(10-16(13)23)22-5-7-28-8-6-22)21-19(25)17-3-4-18(29-17)24(26)27/h3-4,9-12H,5-8H2,1-2H3,(H,21,25). The molecule has 4 rings (SSSR count). The summed E-state index contributed by atoms with van der Waals surface area (Å²) in [5.74, 6) is -1.16. The fourth-order valence-electron chi connectivity index (χ4n) is 3.37. The third-order valence-electron chi connectivity index (χ3n) is 4.84. The van der Waals surface area contributed by atoms with E-state index in [0.29, 0.717) is 32.0 Å². The minimum Gasteiger partial charge on any atom is -0.395 e. The molecule has 1 N–H and O–H groups in total. The minimum absolute atomic E-state index is 0.127. The molecule has 0 atom stereocenters. The molecular weight excluding hydrogens is 378 g/mol. The number of morpholine rings is 1. The predicted octanol–water partition coefficient (Wildman–Crippen LogP) is 3.21. The van der Waals surface area contributed by atoms with Gasteiger partial charge in [0, 0.05) is 19.1 Å². The molecule has 2 aromatic heterocycles. The number of aromatic nitrogens is 2. The Hall–Kier alpha value is -3.40. The highest BCUT2D eigenvalue weighted by Crippen LogP contribution is 2.33. The molecule has 0 bridgehead atoms. The smallest absolute Gasteiger partial charge is 0.395 e. The second-order valence-corrected chi connectivity index (χ2v) is 7.05. The van der Waals surface area contributed by atoms with Crippen LogP contribution in [0.2, 0.25) is 0 Å². The van der Waals surface area contributed by atoms with Gasteiger partial charge in [0.2, 0.25) is 0 Å². The lowest BCUT2D eigenvalue weighted by Gasteiger charge is -2.30. The number of benzene rings is 1. The van der Waals surface area contributed by atoms with E-state index in [2.05, 4.69) is 33.6 Å². The normalized spacial score (nSPS) is 14.5. The highest BCUT2D eigenvalue weighted by Gasteiger charge is 2.22. The van der Waals surface area contributed by atoms with Crippen LogP contribution in [-0.4, -0.2) is 46.7 Å². The van der Waals surface area contributed by atoms with E-state index in [4.69, 9.17) is 9.15 Å². The number of nitrogens with one attached hydrogen (secondary N) is 1. The Labute approximate surface area is 166 Å². The molecule has 1 fully saturated rings. The summed E-state index contributed by atoms with van der Waals surface area (Å²) in [7, 11) is 0. The van der Waals surface area contributed by atoms with Crippen LogP contribution in [-0.2, 0) is 4.74 Å². The maximum Gasteiger partial charge on any atom is 0.433 e. The van der Waals surface area contributed by atoms with Gasteiger partial charge in [-0.05, 0) is 32.0 Å². The van der Waals surface area contributed by atoms with Gasteiger partial charge in [-0.15, -0.1) is 0 Å². The zero-order valence-corrected chi connectivity index (χ0v) is 16.1. The van der Waals surface area contributed by atoms with Gasteiger partial charge in [0.05, 0.1) is 48.0 Å². The monoisotopic (exact) mass is 399 g/mol. The Morgan fingerprint density at radius 2 is 2.03 bits per heavy atom. The first-order valence-corrected chi connectivity index (χ1v) is 9.33. The van der Waals surface area contributed by atoms with E-state index in [1.54, 1.807) is 6.33 Å². The molecule has 1 amide bonds. The maximum absolute atomic E-state index is 12.6. The molecule has 0 spiro atoms. The SMILES string of the molecule is CC(C)n1cnc2cc(NC(=O)c3ccc([N+](=O)[O-])o3)c(N3CCOCC3)cc21. The minimum atomic E-state index is -0.680. The van der Waals surface area contributed by atoms with Crippen molar-refractivity contribution >= 4 is 34.2 Å². The van der Waals surface area contributed by atoms with Crippen molar-refractivity contribution in [3.63, 3.8) is 0 Å². The van der Waals surface area contributed by atoms with E-state index in [1.807, 2.05) is 12.1 Å². The molecule has 0 saturated carbocycles. The first-order chi connectivity index (χ1) is 13.9. The fraction of sp³-hybridized carbons (Fsp3) is 0.368. The van der Waals surface area contributed by atoms with Crippen LogP contribution in [0.3, 0.4) is 0 Å². The van der Waals surface area contributed by atoms with Crippen molar-refractivity contribution in [3.05, 3.63) is 46.5 Å². The number of hydrogen-bond donors (Lipinski definition) is 1. The lowest BCUT2D eigenvalue weighted by molar-refractivity contribution is -0.402. The third kappa shape index (κ3) is 3.66. The van der Waals surface area contributed by atoms with Gasteiger partial charge < -0.3 is 23.9 Å². The van der Waals surface area contributed by atoms with Crippen molar-refractivity contribution in [2.45, 2.75) is 19.9 Å². The molecule has 0 aliphatic carbocycles. The summed E-state index contributed by atoms with van der Waals surface area (Å²) < 4.78 is 12.5.